The number of benzene rings is 2. The lowest BCUT2D eigenvalue weighted by Crippen LogP contribution is -2.49. The number of carbonyl (C=O) groups is 1. The molecule has 1 amide bonds. The minimum Gasteiger partial charge on any atom is -0.508 e. The highest BCUT2D eigenvalue weighted by molar-refractivity contribution is 6.30. The fourth-order valence-electron chi connectivity index (χ4n) is 6.59. The summed E-state index contributed by atoms with van der Waals surface area (Å²) in [5.41, 5.74) is 3.11. The number of halogens is 1. The maximum absolute atomic E-state index is 12.9. The van der Waals surface area contributed by atoms with Crippen molar-refractivity contribution in [1.29, 1.82) is 0 Å². The Labute approximate surface area is 224 Å². The second-order valence-corrected chi connectivity index (χ2v) is 11.2. The molecule has 2 fully saturated rings. The SMILES string of the molecule is CN1CCN(C(=O)c2ccc(C=CCC34CCC(O)(C#CCl)CC3CCc3cc(O)ccc34)cc2)CC1. The highest BCUT2D eigenvalue weighted by Crippen LogP contribution is 2.55. The van der Waals surface area contributed by atoms with E-state index in [9.17, 15) is 15.0 Å². The van der Waals surface area contributed by atoms with Crippen LogP contribution in [0.4, 0.5) is 0 Å². The molecule has 5 nitrogen and oxygen atoms in total. The van der Waals surface area contributed by atoms with Crippen molar-refractivity contribution >= 4 is 23.6 Å². The van der Waals surface area contributed by atoms with Gasteiger partial charge in [-0.15, -0.1) is 0 Å². The molecule has 194 valence electrons. The number of nitrogens with zero attached hydrogens (tertiary/aromatic N) is 2. The second kappa shape index (κ2) is 10.5. The van der Waals surface area contributed by atoms with Crippen LogP contribution in [-0.4, -0.2) is 64.7 Å². The average Bonchev–Trinajstić information content (AvgIpc) is 2.89. The van der Waals surface area contributed by atoms with Gasteiger partial charge in [-0.05, 0) is 104 Å². The number of aromatic hydroxyl groups is 1. The van der Waals surface area contributed by atoms with E-state index in [1.54, 1.807) is 6.07 Å². The zero-order valence-electron chi connectivity index (χ0n) is 21.4. The van der Waals surface area contributed by atoms with Crippen LogP contribution in [0.3, 0.4) is 0 Å². The third-order valence-corrected chi connectivity index (χ3v) is 8.85. The Morgan fingerprint density at radius 3 is 2.62 bits per heavy atom. The van der Waals surface area contributed by atoms with Crippen LogP contribution in [0.5, 0.6) is 5.75 Å². The predicted octanol–water partition coefficient (Wildman–Crippen LogP) is 4.80. The number of piperazine rings is 1. The first-order chi connectivity index (χ1) is 17.8. The summed E-state index contributed by atoms with van der Waals surface area (Å²) in [6.07, 6.45) is 8.99. The smallest absolute Gasteiger partial charge is 0.253 e. The number of phenols is 1. The fraction of sp³-hybridized carbons (Fsp3) is 0.452. The molecule has 3 unspecified atom stereocenters. The quantitative estimate of drug-likeness (QED) is 0.571. The molecule has 2 aromatic carbocycles. The number of rotatable bonds is 4. The first kappa shape index (κ1) is 25.9. The molecule has 37 heavy (non-hydrogen) atoms. The molecular weight excluding hydrogens is 484 g/mol. The van der Waals surface area contributed by atoms with Gasteiger partial charge in [0.2, 0.25) is 0 Å². The standard InChI is InChI=1S/C31H35ClN2O3/c1-33-17-19-34(20-18-33)29(36)24-6-4-23(5-7-24)3-2-12-31-14-13-30(37,15-16-32)22-26(31)9-8-25-21-27(35)10-11-28(25)31/h2-7,10-11,21,26,35,37H,8-9,12-14,17-20,22H2,1H3. The lowest BCUT2D eigenvalue weighted by Gasteiger charge is -2.52. The summed E-state index contributed by atoms with van der Waals surface area (Å²) in [6, 6.07) is 13.6. The predicted molar refractivity (Wildman–Crippen MR) is 148 cm³/mol. The zero-order chi connectivity index (χ0) is 26.0. The molecule has 3 aliphatic rings. The van der Waals surface area contributed by atoms with E-state index in [-0.39, 0.29) is 17.2 Å². The van der Waals surface area contributed by atoms with Crippen LogP contribution >= 0.6 is 11.6 Å². The van der Waals surface area contributed by atoms with Crippen LogP contribution in [-0.2, 0) is 11.8 Å². The maximum Gasteiger partial charge on any atom is 0.253 e. The van der Waals surface area contributed by atoms with E-state index in [1.165, 1.54) is 11.1 Å². The molecule has 0 radical (unpaired) electrons. The molecule has 3 atom stereocenters. The van der Waals surface area contributed by atoms with Gasteiger partial charge in [0, 0.05) is 42.5 Å². The van der Waals surface area contributed by atoms with Crippen molar-refractivity contribution in [3.05, 3.63) is 70.8 Å². The number of likely N-dealkylation sites (N-methyl/N-ethyl adjacent to an activating group) is 1. The Kier molecular flexibility index (Phi) is 7.36. The number of fused-ring (bicyclic) bond motifs is 3. The Morgan fingerprint density at radius 2 is 1.89 bits per heavy atom. The third kappa shape index (κ3) is 5.29. The summed E-state index contributed by atoms with van der Waals surface area (Å²) in [6.45, 7) is 3.36. The van der Waals surface area contributed by atoms with E-state index >= 15 is 0 Å². The third-order valence-electron chi connectivity index (χ3n) is 8.76. The number of aryl methyl sites for hydroxylation is 1. The highest BCUT2D eigenvalue weighted by Gasteiger charge is 2.50. The van der Waals surface area contributed by atoms with Crippen LogP contribution < -0.4 is 0 Å². The zero-order valence-corrected chi connectivity index (χ0v) is 22.2. The van der Waals surface area contributed by atoms with Crippen molar-refractivity contribution in [2.75, 3.05) is 33.2 Å². The van der Waals surface area contributed by atoms with Crippen LogP contribution in [0.1, 0.15) is 59.2 Å². The molecule has 2 aromatic rings. The molecule has 2 aliphatic carbocycles. The van der Waals surface area contributed by atoms with E-state index < -0.39 is 5.60 Å². The lowest BCUT2D eigenvalue weighted by molar-refractivity contribution is -0.00710. The number of hydrogen-bond acceptors (Lipinski definition) is 4. The Bertz CT molecular complexity index is 1240. The number of aliphatic hydroxyl groups is 1. The molecule has 1 aliphatic heterocycles. The van der Waals surface area contributed by atoms with Crippen LogP contribution in [0.25, 0.3) is 6.08 Å². The van der Waals surface area contributed by atoms with Crippen molar-refractivity contribution in [2.24, 2.45) is 5.92 Å². The minimum atomic E-state index is -1.04. The highest BCUT2D eigenvalue weighted by atomic mass is 35.5. The van der Waals surface area contributed by atoms with E-state index in [0.29, 0.717) is 18.6 Å². The number of amides is 1. The number of allylic oxidation sites excluding steroid dienone is 1. The molecule has 1 saturated carbocycles. The summed E-state index contributed by atoms with van der Waals surface area (Å²) >= 11 is 5.68. The Hall–Kier alpha value is -2.78. The van der Waals surface area contributed by atoms with Gasteiger partial charge < -0.3 is 20.0 Å². The maximum atomic E-state index is 12.9. The van der Waals surface area contributed by atoms with Crippen molar-refractivity contribution in [3.8, 4) is 17.0 Å². The number of hydrogen-bond donors (Lipinski definition) is 2. The fourth-order valence-corrected chi connectivity index (χ4v) is 6.76. The molecular formula is C31H35ClN2O3. The Morgan fingerprint density at radius 1 is 1.14 bits per heavy atom. The van der Waals surface area contributed by atoms with Gasteiger partial charge >= 0.3 is 0 Å². The van der Waals surface area contributed by atoms with Crippen molar-refractivity contribution in [3.63, 3.8) is 0 Å². The second-order valence-electron chi connectivity index (χ2n) is 11.0. The molecule has 1 saturated heterocycles. The van der Waals surface area contributed by atoms with Gasteiger partial charge in [-0.1, -0.05) is 36.3 Å². The summed E-state index contributed by atoms with van der Waals surface area (Å²) < 4.78 is 0. The molecule has 2 N–H and O–H groups in total. The summed E-state index contributed by atoms with van der Waals surface area (Å²) in [7, 11) is 2.09. The number of phenolic OH excluding ortho intramolecular Hbond substituents is 1. The largest absolute Gasteiger partial charge is 0.508 e. The van der Waals surface area contributed by atoms with Gasteiger partial charge in [-0.2, -0.15) is 0 Å². The lowest BCUT2D eigenvalue weighted by atomic mass is 9.53. The summed E-state index contributed by atoms with van der Waals surface area (Å²) in [5.74, 6) is 3.52. The normalized spacial score (nSPS) is 27.8. The van der Waals surface area contributed by atoms with Crippen LogP contribution in [0, 0.1) is 17.2 Å². The summed E-state index contributed by atoms with van der Waals surface area (Å²) in [4.78, 5) is 17.0. The minimum absolute atomic E-state index is 0.0992. The van der Waals surface area contributed by atoms with Crippen molar-refractivity contribution in [2.45, 2.75) is 49.5 Å². The van der Waals surface area contributed by atoms with Gasteiger partial charge in [0.05, 0.1) is 0 Å². The van der Waals surface area contributed by atoms with E-state index in [2.05, 4.69) is 41.5 Å². The van der Waals surface area contributed by atoms with Gasteiger partial charge in [0.1, 0.15) is 11.4 Å². The van der Waals surface area contributed by atoms with Crippen molar-refractivity contribution in [1.82, 2.24) is 9.80 Å². The Balaban J connectivity index is 1.34. The molecule has 0 spiro atoms. The van der Waals surface area contributed by atoms with E-state index in [1.807, 2.05) is 35.2 Å². The monoisotopic (exact) mass is 518 g/mol. The van der Waals surface area contributed by atoms with Gasteiger partial charge in [-0.25, -0.2) is 0 Å². The first-order valence-corrected chi connectivity index (χ1v) is 13.6. The van der Waals surface area contributed by atoms with Crippen LogP contribution in [0.2, 0.25) is 0 Å². The van der Waals surface area contributed by atoms with Crippen LogP contribution in [0.15, 0.2) is 48.5 Å². The molecule has 1 heterocycles. The van der Waals surface area contributed by atoms with Gasteiger partial charge in [0.25, 0.3) is 5.91 Å². The molecule has 5 rings (SSSR count). The van der Waals surface area contributed by atoms with Gasteiger partial charge in [0.15, 0.2) is 0 Å². The number of carbonyl (C=O) groups excluding carboxylic acids is 1. The van der Waals surface area contributed by atoms with E-state index in [4.69, 9.17) is 11.6 Å². The van der Waals surface area contributed by atoms with E-state index in [0.717, 1.165) is 63.0 Å². The molecule has 0 bridgehead atoms. The topological polar surface area (TPSA) is 64.0 Å². The summed E-state index contributed by atoms with van der Waals surface area (Å²) in [5, 5.41) is 23.5. The van der Waals surface area contributed by atoms with Crippen molar-refractivity contribution < 1.29 is 15.0 Å². The first-order valence-electron chi connectivity index (χ1n) is 13.2. The molecule has 0 aromatic heterocycles. The molecule has 6 heteroatoms. The van der Waals surface area contributed by atoms with Gasteiger partial charge in [-0.3, -0.25) is 4.79 Å². The average molecular weight is 519 g/mol.